The van der Waals surface area contributed by atoms with Crippen molar-refractivity contribution in [2.45, 2.75) is 6.42 Å². The summed E-state index contributed by atoms with van der Waals surface area (Å²) in [5.74, 6) is 0.376. The van der Waals surface area contributed by atoms with Gasteiger partial charge in [-0.3, -0.25) is 0 Å². The zero-order chi connectivity index (χ0) is 12.4. The third-order valence-electron chi connectivity index (χ3n) is 2.38. The predicted octanol–water partition coefficient (Wildman–Crippen LogP) is 2.47. The molecule has 0 atom stereocenters. The lowest BCUT2D eigenvalue weighted by atomic mass is 10.3. The number of nitrogens with zero attached hydrogens (tertiary/aromatic N) is 3. The molecule has 2 heterocycles. The molecule has 0 saturated carbocycles. The molecule has 0 saturated heterocycles. The van der Waals surface area contributed by atoms with Crippen LogP contribution in [0.1, 0.15) is 5.82 Å². The number of halogens is 1. The molecule has 0 aliphatic rings. The summed E-state index contributed by atoms with van der Waals surface area (Å²) in [5, 5.41) is 7.63. The van der Waals surface area contributed by atoms with Crippen LogP contribution in [-0.4, -0.2) is 21.7 Å². The minimum atomic E-state index is -0.272. The van der Waals surface area contributed by atoms with Crippen LogP contribution in [0.15, 0.2) is 29.1 Å². The number of nitrogens with one attached hydrogen (secondary N) is 1. The van der Waals surface area contributed by atoms with E-state index in [9.17, 15) is 4.39 Å². The van der Waals surface area contributed by atoms with E-state index in [0.717, 1.165) is 9.83 Å². The van der Waals surface area contributed by atoms with Crippen molar-refractivity contribution in [3.05, 3.63) is 36.2 Å². The topological polar surface area (TPSA) is 63.8 Å². The molecule has 0 aliphatic heterocycles. The van der Waals surface area contributed by atoms with Crippen LogP contribution in [0.25, 0.3) is 10.2 Å². The molecule has 0 radical (unpaired) electrons. The van der Waals surface area contributed by atoms with Crippen molar-refractivity contribution in [2.24, 2.45) is 0 Å². The lowest BCUT2D eigenvalue weighted by Gasteiger charge is -1.97. The van der Waals surface area contributed by atoms with Gasteiger partial charge >= 0.3 is 0 Å². The van der Waals surface area contributed by atoms with Gasteiger partial charge < -0.3 is 9.84 Å². The van der Waals surface area contributed by atoms with Crippen molar-refractivity contribution < 1.29 is 8.91 Å². The second-order valence-electron chi connectivity index (χ2n) is 3.66. The van der Waals surface area contributed by atoms with Gasteiger partial charge in [0.1, 0.15) is 5.82 Å². The van der Waals surface area contributed by atoms with Crippen molar-refractivity contribution in [3.63, 3.8) is 0 Å². The number of hydrogen-bond donors (Lipinski definition) is 1. The van der Waals surface area contributed by atoms with Gasteiger partial charge in [0.15, 0.2) is 11.0 Å². The van der Waals surface area contributed by atoms with Crippen molar-refractivity contribution >= 4 is 26.7 Å². The minimum absolute atomic E-state index is 0.272. The Kier molecular flexibility index (Phi) is 2.89. The summed E-state index contributed by atoms with van der Waals surface area (Å²) in [6, 6.07) is 4.59. The Morgan fingerprint density at radius 3 is 3.17 bits per heavy atom. The van der Waals surface area contributed by atoms with Gasteiger partial charge in [-0.2, -0.15) is 4.98 Å². The predicted molar refractivity (Wildman–Crippen MR) is 66.1 cm³/mol. The maximum Gasteiger partial charge on any atom is 0.213 e. The molecule has 5 nitrogen and oxygen atoms in total. The Hall–Kier alpha value is -2.02. The van der Waals surface area contributed by atoms with Crippen LogP contribution in [0.3, 0.4) is 0 Å². The number of thiazole rings is 1. The third-order valence-corrected chi connectivity index (χ3v) is 3.38. The van der Waals surface area contributed by atoms with Crippen LogP contribution in [0.4, 0.5) is 9.52 Å². The Morgan fingerprint density at radius 1 is 1.39 bits per heavy atom. The van der Waals surface area contributed by atoms with Crippen LogP contribution in [0.2, 0.25) is 0 Å². The summed E-state index contributed by atoms with van der Waals surface area (Å²) in [4.78, 5) is 8.21. The summed E-state index contributed by atoms with van der Waals surface area (Å²) < 4.78 is 18.6. The number of aromatic nitrogens is 3. The van der Waals surface area contributed by atoms with E-state index in [1.165, 1.54) is 29.9 Å². The molecule has 1 aromatic carbocycles. The Balaban J connectivity index is 1.67. The minimum Gasteiger partial charge on any atom is -0.361 e. The fourth-order valence-corrected chi connectivity index (χ4v) is 2.43. The maximum atomic E-state index is 13.0. The zero-order valence-electron chi connectivity index (χ0n) is 9.26. The first-order chi connectivity index (χ1) is 8.81. The Morgan fingerprint density at radius 2 is 2.33 bits per heavy atom. The molecule has 0 amide bonds. The average molecular weight is 264 g/mol. The molecule has 7 heteroatoms. The summed E-state index contributed by atoms with van der Waals surface area (Å²) in [6.07, 6.45) is 1.95. The van der Waals surface area contributed by atoms with Crippen molar-refractivity contribution in [1.82, 2.24) is 15.1 Å². The van der Waals surface area contributed by atoms with Gasteiger partial charge in [0.25, 0.3) is 0 Å². The molecule has 3 aromatic rings. The number of fused-ring (bicyclic) bond motifs is 1. The number of rotatable bonds is 4. The number of benzene rings is 1. The van der Waals surface area contributed by atoms with Crippen LogP contribution in [-0.2, 0) is 6.42 Å². The molecular weight excluding hydrogens is 255 g/mol. The monoisotopic (exact) mass is 264 g/mol. The van der Waals surface area contributed by atoms with Crippen LogP contribution < -0.4 is 5.32 Å². The Labute approximate surface area is 106 Å². The molecule has 0 bridgehead atoms. The highest BCUT2D eigenvalue weighted by Gasteiger charge is 2.05. The lowest BCUT2D eigenvalue weighted by molar-refractivity contribution is 0.410. The first kappa shape index (κ1) is 11.1. The van der Waals surface area contributed by atoms with Gasteiger partial charge in [-0.1, -0.05) is 16.5 Å². The van der Waals surface area contributed by atoms with Crippen molar-refractivity contribution in [2.75, 3.05) is 11.9 Å². The van der Waals surface area contributed by atoms with Gasteiger partial charge in [-0.15, -0.1) is 0 Å². The van der Waals surface area contributed by atoms with E-state index in [1.807, 2.05) is 0 Å². The van der Waals surface area contributed by atoms with Gasteiger partial charge in [0, 0.05) is 19.0 Å². The SMILES string of the molecule is Fc1ccc2sc(NCCc3ncon3)nc2c1. The molecular formula is C11H9FN4OS. The molecule has 0 spiro atoms. The summed E-state index contributed by atoms with van der Waals surface area (Å²) in [5.41, 5.74) is 0.669. The molecule has 18 heavy (non-hydrogen) atoms. The fraction of sp³-hybridized carbons (Fsp3) is 0.182. The number of anilines is 1. The van der Waals surface area contributed by atoms with E-state index in [0.29, 0.717) is 24.3 Å². The standard InChI is InChI=1S/C11H9FN4OS/c12-7-1-2-9-8(5-7)15-11(18-9)13-4-3-10-14-6-17-16-10/h1-2,5-6H,3-4H2,(H,13,15). The average Bonchev–Trinajstić information content (AvgIpc) is 2.97. The van der Waals surface area contributed by atoms with Gasteiger partial charge in [0.05, 0.1) is 10.2 Å². The molecule has 0 fully saturated rings. The highest BCUT2D eigenvalue weighted by Crippen LogP contribution is 2.26. The van der Waals surface area contributed by atoms with Gasteiger partial charge in [0.2, 0.25) is 6.39 Å². The largest absolute Gasteiger partial charge is 0.361 e. The second kappa shape index (κ2) is 4.69. The quantitative estimate of drug-likeness (QED) is 0.784. The van der Waals surface area contributed by atoms with E-state index in [1.54, 1.807) is 6.07 Å². The Bertz CT molecular complexity index is 652. The van der Waals surface area contributed by atoms with Crippen LogP contribution in [0, 0.1) is 5.82 Å². The van der Waals surface area contributed by atoms with Gasteiger partial charge in [-0.25, -0.2) is 9.37 Å². The van der Waals surface area contributed by atoms with E-state index >= 15 is 0 Å². The summed E-state index contributed by atoms with van der Waals surface area (Å²) in [7, 11) is 0. The summed E-state index contributed by atoms with van der Waals surface area (Å²) >= 11 is 1.49. The first-order valence-corrected chi connectivity index (χ1v) is 6.18. The van der Waals surface area contributed by atoms with E-state index in [-0.39, 0.29) is 5.82 Å². The highest BCUT2D eigenvalue weighted by atomic mass is 32.1. The lowest BCUT2D eigenvalue weighted by Crippen LogP contribution is -2.05. The molecule has 92 valence electrons. The third kappa shape index (κ3) is 2.30. The molecule has 0 unspecified atom stereocenters. The molecule has 1 N–H and O–H groups in total. The van der Waals surface area contributed by atoms with E-state index < -0.39 is 0 Å². The smallest absolute Gasteiger partial charge is 0.213 e. The zero-order valence-corrected chi connectivity index (χ0v) is 10.1. The first-order valence-electron chi connectivity index (χ1n) is 5.36. The van der Waals surface area contributed by atoms with Crippen LogP contribution >= 0.6 is 11.3 Å². The van der Waals surface area contributed by atoms with Crippen molar-refractivity contribution in [3.8, 4) is 0 Å². The van der Waals surface area contributed by atoms with E-state index in [4.69, 9.17) is 0 Å². The second-order valence-corrected chi connectivity index (χ2v) is 4.69. The number of hydrogen-bond acceptors (Lipinski definition) is 6. The summed E-state index contributed by atoms with van der Waals surface area (Å²) in [6.45, 7) is 0.655. The molecule has 2 aromatic heterocycles. The maximum absolute atomic E-state index is 13.0. The normalized spacial score (nSPS) is 10.9. The molecule has 3 rings (SSSR count). The fourth-order valence-electron chi connectivity index (χ4n) is 1.56. The molecule has 0 aliphatic carbocycles. The van der Waals surface area contributed by atoms with Crippen molar-refractivity contribution in [1.29, 1.82) is 0 Å². The van der Waals surface area contributed by atoms with E-state index in [2.05, 4.69) is 25.0 Å². The highest BCUT2D eigenvalue weighted by molar-refractivity contribution is 7.22. The van der Waals surface area contributed by atoms with Crippen LogP contribution in [0.5, 0.6) is 0 Å². The van der Waals surface area contributed by atoms with Gasteiger partial charge in [-0.05, 0) is 12.1 Å².